The normalized spacial score (nSPS) is 24.3. The van der Waals surface area contributed by atoms with Crippen LogP contribution in [0.2, 0.25) is 0 Å². The first-order chi connectivity index (χ1) is 11.5. The number of nitrogens with two attached hydrogens (primary N) is 1. The van der Waals surface area contributed by atoms with Crippen LogP contribution in [0.1, 0.15) is 37.7 Å². The van der Waals surface area contributed by atoms with Crippen LogP contribution < -0.4 is 5.73 Å². The third kappa shape index (κ3) is 3.46. The van der Waals surface area contributed by atoms with Crippen molar-refractivity contribution in [3.63, 3.8) is 0 Å². The molecule has 0 aliphatic carbocycles. The molecule has 0 saturated carbocycles. The van der Waals surface area contributed by atoms with E-state index in [1.165, 1.54) is 0 Å². The van der Waals surface area contributed by atoms with Crippen LogP contribution in [0.25, 0.3) is 0 Å². The van der Waals surface area contributed by atoms with Gasteiger partial charge in [-0.25, -0.2) is 0 Å². The Kier molecular flexibility index (Phi) is 4.90. The summed E-state index contributed by atoms with van der Waals surface area (Å²) in [5.41, 5.74) is 6.61. The van der Waals surface area contributed by atoms with E-state index < -0.39 is 0 Å². The molecule has 1 atom stereocenters. The lowest BCUT2D eigenvalue weighted by Crippen LogP contribution is -2.54. The molecule has 1 spiro atoms. The Bertz CT molecular complexity index is 594. The summed E-state index contributed by atoms with van der Waals surface area (Å²) >= 11 is 0. The largest absolute Gasteiger partial charge is 0.369 e. The lowest BCUT2D eigenvalue weighted by Gasteiger charge is -2.49. The Hall–Kier alpha value is -1.88. The Morgan fingerprint density at radius 1 is 1.25 bits per heavy atom. The fraction of sp³-hybridized carbons (Fsp3) is 0.579. The Morgan fingerprint density at radius 3 is 2.50 bits per heavy atom. The number of rotatable bonds is 4. The van der Waals surface area contributed by atoms with Gasteiger partial charge in [0.25, 0.3) is 0 Å². The van der Waals surface area contributed by atoms with E-state index in [1.807, 2.05) is 23.1 Å². The van der Waals surface area contributed by atoms with E-state index in [0.717, 1.165) is 51.0 Å². The quantitative estimate of drug-likeness (QED) is 0.912. The van der Waals surface area contributed by atoms with Crippen molar-refractivity contribution in [3.8, 4) is 0 Å². The second-order valence-electron chi connectivity index (χ2n) is 7.26. The van der Waals surface area contributed by atoms with E-state index in [0.29, 0.717) is 6.54 Å². The number of hydrogen-bond donors (Lipinski definition) is 1. The molecule has 0 bridgehead atoms. The van der Waals surface area contributed by atoms with E-state index in [1.54, 1.807) is 0 Å². The molecule has 130 valence electrons. The van der Waals surface area contributed by atoms with Crippen molar-refractivity contribution in [1.82, 2.24) is 9.80 Å². The highest BCUT2D eigenvalue weighted by Gasteiger charge is 2.45. The van der Waals surface area contributed by atoms with Crippen LogP contribution in [-0.4, -0.2) is 54.3 Å². The minimum atomic E-state index is -0.262. The summed E-state index contributed by atoms with van der Waals surface area (Å²) in [4.78, 5) is 28.1. The monoisotopic (exact) mass is 329 g/mol. The molecule has 2 aliphatic rings. The zero-order valence-electron chi connectivity index (χ0n) is 14.4. The number of amides is 2. The van der Waals surface area contributed by atoms with Gasteiger partial charge in [-0.15, -0.1) is 0 Å². The number of likely N-dealkylation sites (N-methyl/N-ethyl adjacent to an activating group) is 1. The van der Waals surface area contributed by atoms with Gasteiger partial charge in [0.1, 0.15) is 0 Å². The van der Waals surface area contributed by atoms with E-state index in [-0.39, 0.29) is 23.1 Å². The van der Waals surface area contributed by atoms with Gasteiger partial charge in [0.05, 0.1) is 12.5 Å². The van der Waals surface area contributed by atoms with Crippen molar-refractivity contribution < 1.29 is 9.59 Å². The molecule has 5 heteroatoms. The maximum Gasteiger partial charge on any atom is 0.231 e. The van der Waals surface area contributed by atoms with Gasteiger partial charge in [-0.2, -0.15) is 0 Å². The molecule has 2 aliphatic heterocycles. The SMILES string of the molecule is CCN1CC2(CCN(CC(N)=O)CC2)C[C@H](c2ccccc2)C1=O. The maximum absolute atomic E-state index is 12.8. The van der Waals surface area contributed by atoms with Crippen molar-refractivity contribution in [2.24, 2.45) is 11.1 Å². The molecule has 1 aromatic carbocycles. The molecule has 3 rings (SSSR count). The maximum atomic E-state index is 12.8. The van der Waals surface area contributed by atoms with E-state index >= 15 is 0 Å². The second kappa shape index (κ2) is 6.93. The number of hydrogen-bond acceptors (Lipinski definition) is 3. The van der Waals surface area contributed by atoms with Gasteiger partial charge in [0.15, 0.2) is 0 Å². The van der Waals surface area contributed by atoms with Crippen LogP contribution in [0.3, 0.4) is 0 Å². The number of benzene rings is 1. The van der Waals surface area contributed by atoms with Crippen LogP contribution >= 0.6 is 0 Å². The Balaban J connectivity index is 1.77. The van der Waals surface area contributed by atoms with Gasteiger partial charge >= 0.3 is 0 Å². The van der Waals surface area contributed by atoms with Gasteiger partial charge in [0.2, 0.25) is 11.8 Å². The summed E-state index contributed by atoms with van der Waals surface area (Å²) in [6.45, 7) is 5.77. The number of primary amides is 1. The van der Waals surface area contributed by atoms with Gasteiger partial charge in [-0.1, -0.05) is 30.3 Å². The van der Waals surface area contributed by atoms with Crippen molar-refractivity contribution in [2.75, 3.05) is 32.7 Å². The molecule has 0 unspecified atom stereocenters. The summed E-state index contributed by atoms with van der Waals surface area (Å²) in [6, 6.07) is 10.1. The van der Waals surface area contributed by atoms with Crippen LogP contribution in [0.4, 0.5) is 0 Å². The molecule has 1 aromatic rings. The first kappa shape index (κ1) is 17.0. The summed E-state index contributed by atoms with van der Waals surface area (Å²) in [5.74, 6) is -0.0430. The molecular formula is C19H27N3O2. The van der Waals surface area contributed by atoms with Gasteiger partial charge in [0, 0.05) is 13.1 Å². The lowest BCUT2D eigenvalue weighted by molar-refractivity contribution is -0.141. The third-order valence-corrected chi connectivity index (χ3v) is 5.65. The molecule has 2 heterocycles. The molecule has 2 saturated heterocycles. The molecule has 0 radical (unpaired) electrons. The van der Waals surface area contributed by atoms with Crippen LogP contribution in [-0.2, 0) is 9.59 Å². The van der Waals surface area contributed by atoms with Crippen LogP contribution in [0, 0.1) is 5.41 Å². The standard InChI is InChI=1S/C19H27N3O2/c1-2-22-14-19(8-10-21(11-9-19)13-17(20)23)12-16(18(22)24)15-6-4-3-5-7-15/h3-7,16H,2,8-14H2,1H3,(H2,20,23)/t16-/m1/s1. The van der Waals surface area contributed by atoms with Crippen molar-refractivity contribution in [3.05, 3.63) is 35.9 Å². The Labute approximate surface area is 143 Å². The minimum Gasteiger partial charge on any atom is -0.369 e. The molecule has 24 heavy (non-hydrogen) atoms. The third-order valence-electron chi connectivity index (χ3n) is 5.65. The average molecular weight is 329 g/mol. The predicted octanol–water partition coefficient (Wildman–Crippen LogP) is 1.59. The highest BCUT2D eigenvalue weighted by molar-refractivity contribution is 5.84. The van der Waals surface area contributed by atoms with E-state index in [9.17, 15) is 9.59 Å². The summed E-state index contributed by atoms with van der Waals surface area (Å²) in [7, 11) is 0. The second-order valence-corrected chi connectivity index (χ2v) is 7.26. The Morgan fingerprint density at radius 2 is 1.92 bits per heavy atom. The number of carbonyl (C=O) groups is 2. The molecule has 5 nitrogen and oxygen atoms in total. The number of nitrogens with zero attached hydrogens (tertiary/aromatic N) is 2. The van der Waals surface area contributed by atoms with Gasteiger partial charge in [-0.3, -0.25) is 14.5 Å². The first-order valence-electron chi connectivity index (χ1n) is 8.87. The van der Waals surface area contributed by atoms with Gasteiger partial charge < -0.3 is 10.6 Å². The van der Waals surface area contributed by atoms with Crippen molar-refractivity contribution >= 4 is 11.8 Å². The molecule has 0 aromatic heterocycles. The highest BCUT2D eigenvalue weighted by Crippen LogP contribution is 2.45. The fourth-order valence-corrected chi connectivity index (χ4v) is 4.27. The van der Waals surface area contributed by atoms with Crippen LogP contribution in [0.5, 0.6) is 0 Å². The topological polar surface area (TPSA) is 66.6 Å². The van der Waals surface area contributed by atoms with Gasteiger partial charge in [-0.05, 0) is 50.3 Å². The fourth-order valence-electron chi connectivity index (χ4n) is 4.27. The zero-order chi connectivity index (χ0) is 17.2. The van der Waals surface area contributed by atoms with E-state index in [2.05, 4.69) is 24.0 Å². The number of carbonyl (C=O) groups excluding carboxylic acids is 2. The zero-order valence-corrected chi connectivity index (χ0v) is 14.4. The van der Waals surface area contributed by atoms with E-state index in [4.69, 9.17) is 5.73 Å². The minimum absolute atomic E-state index is 0.0393. The average Bonchev–Trinajstić information content (AvgIpc) is 2.59. The molecule has 2 amide bonds. The summed E-state index contributed by atoms with van der Waals surface area (Å²) in [6.07, 6.45) is 2.96. The highest BCUT2D eigenvalue weighted by atomic mass is 16.2. The van der Waals surface area contributed by atoms with Crippen molar-refractivity contribution in [2.45, 2.75) is 32.1 Å². The number of piperidine rings is 2. The summed E-state index contributed by atoms with van der Waals surface area (Å²) < 4.78 is 0. The molecule has 2 fully saturated rings. The lowest BCUT2D eigenvalue weighted by atomic mass is 9.67. The predicted molar refractivity (Wildman–Crippen MR) is 93.4 cm³/mol. The summed E-state index contributed by atoms with van der Waals surface area (Å²) in [5, 5.41) is 0. The van der Waals surface area contributed by atoms with Crippen LogP contribution in [0.15, 0.2) is 30.3 Å². The first-order valence-corrected chi connectivity index (χ1v) is 8.87. The number of likely N-dealkylation sites (tertiary alicyclic amines) is 2. The smallest absolute Gasteiger partial charge is 0.231 e. The van der Waals surface area contributed by atoms with Crippen molar-refractivity contribution in [1.29, 1.82) is 0 Å². The molecule has 2 N–H and O–H groups in total. The molecular weight excluding hydrogens is 302 g/mol.